The fourth-order valence-electron chi connectivity index (χ4n) is 4.04. The zero-order chi connectivity index (χ0) is 23.3. The van der Waals surface area contributed by atoms with Gasteiger partial charge in [0, 0.05) is 69.2 Å². The highest BCUT2D eigenvalue weighted by Crippen LogP contribution is 2.29. The van der Waals surface area contributed by atoms with Gasteiger partial charge in [0.15, 0.2) is 0 Å². The van der Waals surface area contributed by atoms with Crippen molar-refractivity contribution in [2.45, 2.75) is 12.7 Å². The highest BCUT2D eigenvalue weighted by atomic mass is 32.2. The van der Waals surface area contributed by atoms with E-state index in [1.807, 2.05) is 39.8 Å². The SMILES string of the molecule is O=C(CN1CCN(c2ccc(C(F)(F)F)cn2)CC1)Nc1cccc(CN2CCSCC2)c1. The number of hydrogen-bond donors (Lipinski definition) is 1. The molecule has 1 aromatic heterocycles. The molecule has 0 bridgehead atoms. The van der Waals surface area contributed by atoms with E-state index in [1.54, 1.807) is 0 Å². The van der Waals surface area contributed by atoms with Crippen LogP contribution in [0.15, 0.2) is 42.6 Å². The molecule has 2 saturated heterocycles. The number of amides is 1. The average Bonchev–Trinajstić information content (AvgIpc) is 2.80. The Kier molecular flexibility index (Phi) is 7.77. The molecule has 1 aromatic carbocycles. The van der Waals surface area contributed by atoms with E-state index in [0.29, 0.717) is 32.0 Å². The topological polar surface area (TPSA) is 51.7 Å². The second-order valence-electron chi connectivity index (χ2n) is 8.30. The van der Waals surface area contributed by atoms with Gasteiger partial charge in [-0.2, -0.15) is 24.9 Å². The number of aromatic nitrogens is 1. The number of benzene rings is 1. The molecule has 3 heterocycles. The average molecular weight is 480 g/mol. The molecular formula is C23H28F3N5OS. The van der Waals surface area contributed by atoms with Gasteiger partial charge in [-0.3, -0.25) is 14.6 Å². The van der Waals surface area contributed by atoms with Gasteiger partial charge in [-0.1, -0.05) is 12.1 Å². The first-order valence-corrected chi connectivity index (χ1v) is 12.2. The molecule has 33 heavy (non-hydrogen) atoms. The Morgan fingerprint density at radius 2 is 1.76 bits per heavy atom. The van der Waals surface area contributed by atoms with Crippen molar-refractivity contribution in [1.82, 2.24) is 14.8 Å². The Labute approximate surface area is 196 Å². The van der Waals surface area contributed by atoms with Crippen LogP contribution in [-0.2, 0) is 17.5 Å². The summed E-state index contributed by atoms with van der Waals surface area (Å²) in [6, 6.07) is 10.5. The monoisotopic (exact) mass is 479 g/mol. The number of pyridine rings is 1. The molecule has 6 nitrogen and oxygen atoms in total. The standard InChI is InChI=1S/C23H28F3N5OS/c24-23(25,26)19-4-5-21(27-15-19)31-8-6-29(7-9-31)17-22(32)28-20-3-1-2-18(14-20)16-30-10-12-33-13-11-30/h1-5,14-15H,6-13,16-17H2,(H,28,32). The van der Waals surface area contributed by atoms with Gasteiger partial charge in [0.1, 0.15) is 5.82 Å². The molecule has 2 aliphatic rings. The predicted octanol–water partition coefficient (Wildman–Crippen LogP) is 3.41. The normalized spacial score (nSPS) is 18.3. The number of carbonyl (C=O) groups is 1. The zero-order valence-electron chi connectivity index (χ0n) is 18.4. The third-order valence-corrected chi connectivity index (χ3v) is 6.80. The van der Waals surface area contributed by atoms with Gasteiger partial charge in [0.05, 0.1) is 12.1 Å². The zero-order valence-corrected chi connectivity index (χ0v) is 19.2. The summed E-state index contributed by atoms with van der Waals surface area (Å²) in [5.41, 5.74) is 1.24. The molecule has 2 fully saturated rings. The number of piperazine rings is 1. The molecule has 1 N–H and O–H groups in total. The van der Waals surface area contributed by atoms with Crippen molar-refractivity contribution in [2.75, 3.05) is 67.5 Å². The number of nitrogens with zero attached hydrogens (tertiary/aromatic N) is 4. The number of halogens is 3. The van der Waals surface area contributed by atoms with Gasteiger partial charge in [0.2, 0.25) is 5.91 Å². The van der Waals surface area contributed by atoms with Gasteiger partial charge in [-0.05, 0) is 29.8 Å². The highest BCUT2D eigenvalue weighted by molar-refractivity contribution is 7.99. The van der Waals surface area contributed by atoms with Crippen LogP contribution in [0, 0.1) is 0 Å². The van der Waals surface area contributed by atoms with Crippen LogP contribution < -0.4 is 10.2 Å². The summed E-state index contributed by atoms with van der Waals surface area (Å²) in [6.45, 7) is 5.85. The number of nitrogens with one attached hydrogen (secondary N) is 1. The summed E-state index contributed by atoms with van der Waals surface area (Å²) < 4.78 is 38.2. The van der Waals surface area contributed by atoms with E-state index in [9.17, 15) is 18.0 Å². The second kappa shape index (κ2) is 10.8. The lowest BCUT2D eigenvalue weighted by atomic mass is 10.2. The van der Waals surface area contributed by atoms with E-state index < -0.39 is 11.7 Å². The highest BCUT2D eigenvalue weighted by Gasteiger charge is 2.31. The minimum atomic E-state index is -4.39. The molecule has 0 aliphatic carbocycles. The summed E-state index contributed by atoms with van der Waals surface area (Å²) in [4.78, 5) is 23.0. The quantitative estimate of drug-likeness (QED) is 0.686. The number of thioether (sulfide) groups is 1. The molecule has 0 saturated carbocycles. The van der Waals surface area contributed by atoms with Crippen LogP contribution in [0.1, 0.15) is 11.1 Å². The van der Waals surface area contributed by atoms with E-state index in [0.717, 1.165) is 37.6 Å². The minimum Gasteiger partial charge on any atom is -0.354 e. The molecular weight excluding hydrogens is 451 g/mol. The van der Waals surface area contributed by atoms with Crippen molar-refractivity contribution < 1.29 is 18.0 Å². The molecule has 0 spiro atoms. The first-order chi connectivity index (χ1) is 15.9. The summed E-state index contributed by atoms with van der Waals surface area (Å²) in [5.74, 6) is 2.79. The molecule has 10 heteroatoms. The first-order valence-electron chi connectivity index (χ1n) is 11.1. The Morgan fingerprint density at radius 1 is 1.00 bits per heavy atom. The molecule has 0 atom stereocenters. The summed E-state index contributed by atoms with van der Waals surface area (Å²) in [6.07, 6.45) is -3.52. The maximum Gasteiger partial charge on any atom is 0.417 e. The third kappa shape index (κ3) is 6.84. The van der Waals surface area contributed by atoms with Crippen LogP contribution in [0.2, 0.25) is 0 Å². The molecule has 0 unspecified atom stereocenters. The van der Waals surface area contributed by atoms with Crippen molar-refractivity contribution in [3.05, 3.63) is 53.7 Å². The molecule has 2 aliphatic heterocycles. The van der Waals surface area contributed by atoms with Crippen LogP contribution in [-0.4, -0.2) is 78.0 Å². The van der Waals surface area contributed by atoms with E-state index in [1.165, 1.54) is 23.1 Å². The number of carbonyl (C=O) groups excluding carboxylic acids is 1. The van der Waals surface area contributed by atoms with Crippen molar-refractivity contribution in [3.8, 4) is 0 Å². The number of rotatable bonds is 6. The molecule has 178 valence electrons. The van der Waals surface area contributed by atoms with Crippen LogP contribution in [0.25, 0.3) is 0 Å². The lowest BCUT2D eigenvalue weighted by molar-refractivity contribution is -0.137. The fraction of sp³-hybridized carbons (Fsp3) is 0.478. The van der Waals surface area contributed by atoms with E-state index >= 15 is 0 Å². The van der Waals surface area contributed by atoms with Crippen LogP contribution in [0.5, 0.6) is 0 Å². The lowest BCUT2D eigenvalue weighted by Crippen LogP contribution is -2.48. The molecule has 0 radical (unpaired) electrons. The Bertz CT molecular complexity index is 926. The molecule has 1 amide bonds. The number of anilines is 2. The van der Waals surface area contributed by atoms with Gasteiger partial charge in [-0.25, -0.2) is 4.98 Å². The van der Waals surface area contributed by atoms with Crippen molar-refractivity contribution in [3.63, 3.8) is 0 Å². The minimum absolute atomic E-state index is 0.0670. The van der Waals surface area contributed by atoms with E-state index in [4.69, 9.17) is 0 Å². The Hall–Kier alpha value is -2.30. The van der Waals surface area contributed by atoms with Gasteiger partial charge in [-0.15, -0.1) is 0 Å². The lowest BCUT2D eigenvalue weighted by Gasteiger charge is -2.35. The first kappa shape index (κ1) is 23.8. The smallest absolute Gasteiger partial charge is 0.354 e. The Morgan fingerprint density at radius 3 is 2.42 bits per heavy atom. The van der Waals surface area contributed by atoms with Crippen molar-refractivity contribution in [2.24, 2.45) is 0 Å². The van der Waals surface area contributed by atoms with Gasteiger partial charge < -0.3 is 10.2 Å². The largest absolute Gasteiger partial charge is 0.417 e. The predicted molar refractivity (Wildman–Crippen MR) is 126 cm³/mol. The van der Waals surface area contributed by atoms with Crippen LogP contribution in [0.3, 0.4) is 0 Å². The molecule has 4 rings (SSSR count). The maximum absolute atomic E-state index is 12.7. The number of alkyl halides is 3. The summed E-state index contributed by atoms with van der Waals surface area (Å²) in [7, 11) is 0. The van der Waals surface area contributed by atoms with Crippen molar-refractivity contribution >= 4 is 29.2 Å². The summed E-state index contributed by atoms with van der Waals surface area (Å²) >= 11 is 1.99. The Balaban J connectivity index is 1.23. The van der Waals surface area contributed by atoms with E-state index in [2.05, 4.69) is 21.3 Å². The fourth-order valence-corrected chi connectivity index (χ4v) is 5.02. The van der Waals surface area contributed by atoms with Gasteiger partial charge in [0.25, 0.3) is 0 Å². The third-order valence-electron chi connectivity index (χ3n) is 5.86. The van der Waals surface area contributed by atoms with Crippen molar-refractivity contribution in [1.29, 1.82) is 0 Å². The summed E-state index contributed by atoms with van der Waals surface area (Å²) in [5, 5.41) is 2.99. The van der Waals surface area contributed by atoms with Crippen LogP contribution >= 0.6 is 11.8 Å². The molecule has 2 aromatic rings. The van der Waals surface area contributed by atoms with Gasteiger partial charge >= 0.3 is 6.18 Å². The van der Waals surface area contributed by atoms with Crippen LogP contribution in [0.4, 0.5) is 24.7 Å². The second-order valence-corrected chi connectivity index (χ2v) is 9.53. The van der Waals surface area contributed by atoms with E-state index in [-0.39, 0.29) is 12.5 Å². The maximum atomic E-state index is 12.7. The number of hydrogen-bond acceptors (Lipinski definition) is 6.